The molecule has 0 saturated heterocycles. The van der Waals surface area contributed by atoms with Crippen molar-refractivity contribution in [3.05, 3.63) is 29.5 Å². The van der Waals surface area contributed by atoms with Crippen molar-refractivity contribution < 1.29 is 4.74 Å². The Balaban J connectivity index is 2.06. The maximum atomic E-state index is 5.66. The fourth-order valence-corrected chi connectivity index (χ4v) is 2.27. The van der Waals surface area contributed by atoms with Gasteiger partial charge < -0.3 is 15.5 Å². The molecule has 2 aromatic rings. The number of H-pyrrole nitrogens is 1. The minimum absolute atomic E-state index is 0.464. The number of nitrogen functional groups attached to an aromatic ring is 1. The molecule has 0 amide bonds. The smallest absolute Gasteiger partial charge is 0.198 e. The van der Waals surface area contributed by atoms with Gasteiger partial charge in [0, 0.05) is 11.3 Å². The predicted molar refractivity (Wildman–Crippen MR) is 67.0 cm³/mol. The van der Waals surface area contributed by atoms with Gasteiger partial charge in [-0.05, 0) is 43.5 Å². The molecule has 0 atom stereocenters. The van der Waals surface area contributed by atoms with Crippen molar-refractivity contribution in [2.24, 2.45) is 0 Å². The quantitative estimate of drug-likeness (QED) is 0.788. The molecule has 4 nitrogen and oxygen atoms in total. The molecule has 17 heavy (non-hydrogen) atoms. The van der Waals surface area contributed by atoms with Crippen LogP contribution in [0.3, 0.4) is 0 Å². The zero-order valence-electron chi connectivity index (χ0n) is 9.79. The summed E-state index contributed by atoms with van der Waals surface area (Å²) in [6.07, 6.45) is 2.15. The highest BCUT2D eigenvalue weighted by Gasteiger charge is 2.13. The number of hydrogen-bond acceptors (Lipinski definition) is 3. The molecule has 0 aliphatic carbocycles. The highest BCUT2D eigenvalue weighted by atomic mass is 16.5. The van der Waals surface area contributed by atoms with Crippen molar-refractivity contribution in [2.75, 3.05) is 12.3 Å². The van der Waals surface area contributed by atoms with Crippen LogP contribution in [-0.2, 0) is 6.42 Å². The van der Waals surface area contributed by atoms with Crippen LogP contribution < -0.4 is 10.5 Å². The van der Waals surface area contributed by atoms with E-state index in [9.17, 15) is 0 Å². The van der Waals surface area contributed by atoms with Gasteiger partial charge >= 0.3 is 0 Å². The van der Waals surface area contributed by atoms with Crippen molar-refractivity contribution >= 4 is 5.95 Å². The number of benzene rings is 1. The average molecular weight is 229 g/mol. The largest absolute Gasteiger partial charge is 0.493 e. The Kier molecular flexibility index (Phi) is 2.28. The second-order valence-electron chi connectivity index (χ2n) is 4.37. The molecule has 4 heteroatoms. The van der Waals surface area contributed by atoms with Gasteiger partial charge in [-0.25, -0.2) is 4.98 Å². The van der Waals surface area contributed by atoms with E-state index in [0.717, 1.165) is 42.1 Å². The van der Waals surface area contributed by atoms with E-state index in [2.05, 4.69) is 16.0 Å². The molecule has 1 aliphatic heterocycles. The van der Waals surface area contributed by atoms with Gasteiger partial charge in [0.25, 0.3) is 0 Å². The molecule has 0 unspecified atom stereocenters. The third-order valence-corrected chi connectivity index (χ3v) is 3.08. The number of nitrogens with two attached hydrogens (primary N) is 1. The van der Waals surface area contributed by atoms with Gasteiger partial charge in [0.2, 0.25) is 0 Å². The number of aromatic nitrogens is 2. The Hall–Kier alpha value is -1.97. The van der Waals surface area contributed by atoms with Gasteiger partial charge in [-0.1, -0.05) is 0 Å². The first-order valence-electron chi connectivity index (χ1n) is 5.82. The molecular weight excluding hydrogens is 214 g/mol. The fourth-order valence-electron chi connectivity index (χ4n) is 2.27. The summed E-state index contributed by atoms with van der Waals surface area (Å²) in [5, 5.41) is 0. The van der Waals surface area contributed by atoms with Crippen LogP contribution in [0.15, 0.2) is 18.2 Å². The lowest BCUT2D eigenvalue weighted by atomic mass is 10.0. The van der Waals surface area contributed by atoms with E-state index in [0.29, 0.717) is 5.95 Å². The summed E-state index contributed by atoms with van der Waals surface area (Å²) in [6.45, 7) is 2.80. The van der Waals surface area contributed by atoms with Gasteiger partial charge in [-0.3, -0.25) is 0 Å². The molecule has 3 N–H and O–H groups in total. The second kappa shape index (κ2) is 3.80. The second-order valence-corrected chi connectivity index (χ2v) is 4.37. The standard InChI is InChI=1S/C13H15N3O/c1-8-12(16-13(14)15-8)10-4-5-11-9(7-10)3-2-6-17-11/h4-5,7H,2-3,6H2,1H3,(H3,14,15,16). The highest BCUT2D eigenvalue weighted by molar-refractivity contribution is 5.66. The van der Waals surface area contributed by atoms with Crippen molar-refractivity contribution in [3.8, 4) is 17.0 Å². The Bertz CT molecular complexity index is 560. The zero-order chi connectivity index (χ0) is 11.8. The molecule has 1 aromatic heterocycles. The predicted octanol–water partition coefficient (Wildman–Crippen LogP) is 2.29. The summed E-state index contributed by atoms with van der Waals surface area (Å²) in [5.74, 6) is 1.47. The van der Waals surface area contributed by atoms with Crippen molar-refractivity contribution in [2.45, 2.75) is 19.8 Å². The number of fused-ring (bicyclic) bond motifs is 1. The molecule has 1 aromatic carbocycles. The van der Waals surface area contributed by atoms with E-state index < -0.39 is 0 Å². The van der Waals surface area contributed by atoms with Crippen LogP contribution in [0.4, 0.5) is 5.95 Å². The molecule has 0 fully saturated rings. The van der Waals surface area contributed by atoms with Gasteiger partial charge in [-0.15, -0.1) is 0 Å². The van der Waals surface area contributed by atoms with Crippen LogP contribution in [0, 0.1) is 6.92 Å². The van der Waals surface area contributed by atoms with Crippen molar-refractivity contribution in [3.63, 3.8) is 0 Å². The van der Waals surface area contributed by atoms with Crippen LogP contribution in [0.2, 0.25) is 0 Å². The Morgan fingerprint density at radius 1 is 1.41 bits per heavy atom. The van der Waals surface area contributed by atoms with Crippen LogP contribution in [0.25, 0.3) is 11.3 Å². The molecule has 2 heterocycles. The lowest BCUT2D eigenvalue weighted by Gasteiger charge is -2.17. The number of rotatable bonds is 1. The van der Waals surface area contributed by atoms with Gasteiger partial charge in [-0.2, -0.15) is 0 Å². The maximum absolute atomic E-state index is 5.66. The Morgan fingerprint density at radius 3 is 3.06 bits per heavy atom. The Morgan fingerprint density at radius 2 is 2.29 bits per heavy atom. The fraction of sp³-hybridized carbons (Fsp3) is 0.308. The number of hydrogen-bond donors (Lipinski definition) is 2. The molecule has 88 valence electrons. The molecule has 0 bridgehead atoms. The lowest BCUT2D eigenvalue weighted by Crippen LogP contribution is -2.08. The number of nitrogens with zero attached hydrogens (tertiary/aromatic N) is 1. The molecule has 0 saturated carbocycles. The summed E-state index contributed by atoms with van der Waals surface area (Å²) in [4.78, 5) is 7.33. The number of aryl methyl sites for hydroxylation is 2. The monoisotopic (exact) mass is 229 g/mol. The van der Waals surface area contributed by atoms with Gasteiger partial charge in [0.1, 0.15) is 5.75 Å². The normalized spacial score (nSPS) is 14.2. The Labute approximate surface area is 99.8 Å². The minimum atomic E-state index is 0.464. The van der Waals surface area contributed by atoms with Crippen molar-refractivity contribution in [1.29, 1.82) is 0 Å². The van der Waals surface area contributed by atoms with Crippen molar-refractivity contribution in [1.82, 2.24) is 9.97 Å². The summed E-state index contributed by atoms with van der Waals surface area (Å²) in [5.41, 5.74) is 9.95. The molecule has 1 aliphatic rings. The topological polar surface area (TPSA) is 63.9 Å². The van der Waals surface area contributed by atoms with Gasteiger partial charge in [0.15, 0.2) is 5.95 Å². The summed E-state index contributed by atoms with van der Waals surface area (Å²) >= 11 is 0. The van der Waals surface area contributed by atoms with E-state index >= 15 is 0 Å². The molecule has 0 spiro atoms. The van der Waals surface area contributed by atoms with E-state index in [4.69, 9.17) is 10.5 Å². The highest BCUT2D eigenvalue weighted by Crippen LogP contribution is 2.30. The first kappa shape index (κ1) is 10.2. The SMILES string of the molecule is Cc1[nH]c(N)nc1-c1ccc2c(c1)CCCO2. The van der Waals surface area contributed by atoms with E-state index in [1.165, 1.54) is 5.56 Å². The van der Waals surface area contributed by atoms with Crippen LogP contribution in [-0.4, -0.2) is 16.6 Å². The van der Waals surface area contributed by atoms with Crippen LogP contribution in [0.1, 0.15) is 17.7 Å². The number of ether oxygens (including phenoxy) is 1. The zero-order valence-corrected chi connectivity index (χ0v) is 9.79. The van der Waals surface area contributed by atoms with Gasteiger partial charge in [0.05, 0.1) is 12.3 Å². The molecular formula is C13H15N3O. The van der Waals surface area contributed by atoms with E-state index in [-0.39, 0.29) is 0 Å². The minimum Gasteiger partial charge on any atom is -0.493 e. The summed E-state index contributed by atoms with van der Waals surface area (Å²) in [7, 11) is 0. The third kappa shape index (κ3) is 1.75. The van der Waals surface area contributed by atoms with Crippen LogP contribution in [0.5, 0.6) is 5.75 Å². The lowest BCUT2D eigenvalue weighted by molar-refractivity contribution is 0.288. The molecule has 0 radical (unpaired) electrons. The number of imidazole rings is 1. The first-order valence-corrected chi connectivity index (χ1v) is 5.82. The summed E-state index contributed by atoms with van der Waals surface area (Å²) in [6, 6.07) is 6.21. The molecule has 3 rings (SSSR count). The van der Waals surface area contributed by atoms with Crippen LogP contribution >= 0.6 is 0 Å². The average Bonchev–Trinajstić information content (AvgIpc) is 2.68. The van der Waals surface area contributed by atoms with E-state index in [1.54, 1.807) is 0 Å². The number of aromatic amines is 1. The number of anilines is 1. The maximum Gasteiger partial charge on any atom is 0.198 e. The third-order valence-electron chi connectivity index (χ3n) is 3.08. The first-order chi connectivity index (χ1) is 8.24. The number of nitrogens with one attached hydrogen (secondary N) is 1. The van der Waals surface area contributed by atoms with E-state index in [1.807, 2.05) is 19.1 Å². The summed E-state index contributed by atoms with van der Waals surface area (Å²) < 4.78 is 5.60.